The molecule has 0 N–H and O–H groups in total. The van der Waals surface area contributed by atoms with Gasteiger partial charge in [-0.05, 0) is 61.2 Å². The molecule has 2 aromatic carbocycles. The molecule has 0 bridgehead atoms. The fourth-order valence-corrected chi connectivity index (χ4v) is 4.05. The van der Waals surface area contributed by atoms with Crippen LogP contribution in [-0.2, 0) is 16.1 Å². The number of aryl methyl sites for hydroxylation is 1. The molecule has 0 fully saturated rings. The van der Waals surface area contributed by atoms with Crippen LogP contribution >= 0.6 is 0 Å². The van der Waals surface area contributed by atoms with Crippen molar-refractivity contribution in [2.24, 2.45) is 0 Å². The number of benzene rings is 2. The number of fused-ring (bicyclic) bond motifs is 1. The average molecular weight is 454 g/mol. The van der Waals surface area contributed by atoms with Crippen molar-refractivity contribution in [3.05, 3.63) is 83.7 Å². The van der Waals surface area contributed by atoms with E-state index in [-0.39, 0.29) is 18.1 Å². The second-order valence-corrected chi connectivity index (χ2v) is 8.20. The minimum atomic E-state index is -0.0274. The summed E-state index contributed by atoms with van der Waals surface area (Å²) >= 11 is 0. The SMILES string of the molecule is Cc1ccccc1-c1ccc2c(c1)C(=O)N(c1cccc(-c3nncn3C(C)C)n1)C2.O=C=O. The van der Waals surface area contributed by atoms with E-state index >= 15 is 0 Å². The third kappa shape index (κ3) is 4.27. The lowest BCUT2D eigenvalue weighted by atomic mass is 9.97. The predicted octanol–water partition coefficient (Wildman–Crippen LogP) is 4.47. The molecule has 2 aromatic heterocycles. The summed E-state index contributed by atoms with van der Waals surface area (Å²) < 4.78 is 1.97. The molecule has 0 unspecified atom stereocenters. The number of anilines is 1. The molecule has 1 aliphatic rings. The molecule has 0 atom stereocenters. The number of hydrogen-bond donors (Lipinski definition) is 0. The Balaban J connectivity index is 0.000000868. The van der Waals surface area contributed by atoms with Crippen molar-refractivity contribution in [1.82, 2.24) is 19.7 Å². The Bertz CT molecular complexity index is 1390. The van der Waals surface area contributed by atoms with Crippen molar-refractivity contribution in [2.45, 2.75) is 33.4 Å². The molecule has 1 aliphatic heterocycles. The minimum absolute atomic E-state index is 0.0274. The summed E-state index contributed by atoms with van der Waals surface area (Å²) in [6.45, 7) is 6.74. The van der Waals surface area contributed by atoms with Gasteiger partial charge in [-0.1, -0.05) is 42.5 Å². The zero-order chi connectivity index (χ0) is 24.2. The first-order valence-electron chi connectivity index (χ1n) is 10.8. The Hall–Kier alpha value is -4.42. The maximum absolute atomic E-state index is 13.3. The van der Waals surface area contributed by atoms with E-state index in [9.17, 15) is 4.79 Å². The number of pyridine rings is 1. The van der Waals surface area contributed by atoms with Crippen LogP contribution in [-0.4, -0.2) is 31.8 Å². The van der Waals surface area contributed by atoms with Gasteiger partial charge < -0.3 is 4.57 Å². The molecule has 5 rings (SSSR count). The minimum Gasteiger partial charge on any atom is -0.310 e. The fourth-order valence-electron chi connectivity index (χ4n) is 4.05. The van der Waals surface area contributed by atoms with Gasteiger partial charge in [0.05, 0.1) is 6.54 Å². The van der Waals surface area contributed by atoms with E-state index in [1.807, 2.05) is 47.0 Å². The molecule has 0 spiro atoms. The summed E-state index contributed by atoms with van der Waals surface area (Å²) in [7, 11) is 0. The molecule has 4 aromatic rings. The van der Waals surface area contributed by atoms with Crippen LogP contribution in [0, 0.1) is 6.92 Å². The van der Waals surface area contributed by atoms with Gasteiger partial charge in [-0.15, -0.1) is 10.2 Å². The number of aromatic nitrogens is 4. The van der Waals surface area contributed by atoms with Crippen LogP contribution in [0.3, 0.4) is 0 Å². The summed E-state index contributed by atoms with van der Waals surface area (Å²) in [6, 6.07) is 20.3. The number of hydrogen-bond acceptors (Lipinski definition) is 6. The molecule has 1 amide bonds. The van der Waals surface area contributed by atoms with Crippen LogP contribution in [0.4, 0.5) is 5.82 Å². The Morgan fingerprint density at radius 2 is 1.74 bits per heavy atom. The molecule has 8 heteroatoms. The van der Waals surface area contributed by atoms with Gasteiger partial charge in [-0.3, -0.25) is 9.69 Å². The van der Waals surface area contributed by atoms with E-state index in [0.717, 1.165) is 22.3 Å². The highest BCUT2D eigenvalue weighted by atomic mass is 16.2. The largest absolute Gasteiger partial charge is 0.373 e. The fraction of sp³-hybridized carbons (Fsp3) is 0.192. The topological polar surface area (TPSA) is 98.1 Å². The number of amides is 1. The van der Waals surface area contributed by atoms with E-state index in [4.69, 9.17) is 14.6 Å². The smallest absolute Gasteiger partial charge is 0.310 e. The molecule has 0 aliphatic carbocycles. The summed E-state index contributed by atoms with van der Waals surface area (Å²) in [5, 5.41) is 8.27. The van der Waals surface area contributed by atoms with Crippen molar-refractivity contribution in [3.63, 3.8) is 0 Å². The number of rotatable bonds is 4. The Morgan fingerprint density at radius 1 is 0.971 bits per heavy atom. The standard InChI is InChI=1S/C25H23N5O.CO2/c1-16(2)30-15-26-28-24(30)22-9-6-10-23(27-22)29-14-19-12-11-18(13-21(19)25(29)31)20-8-5-4-7-17(20)3;2-1-3/h4-13,15-16H,14H2,1-3H3;. The van der Waals surface area contributed by atoms with Gasteiger partial charge in [0.1, 0.15) is 17.8 Å². The van der Waals surface area contributed by atoms with Crippen molar-refractivity contribution in [1.29, 1.82) is 0 Å². The lowest BCUT2D eigenvalue weighted by molar-refractivity contribution is -0.191. The third-order valence-corrected chi connectivity index (χ3v) is 5.74. The van der Waals surface area contributed by atoms with E-state index in [2.05, 4.69) is 49.2 Å². The third-order valence-electron chi connectivity index (χ3n) is 5.74. The van der Waals surface area contributed by atoms with E-state index in [1.165, 1.54) is 5.56 Å². The average Bonchev–Trinajstić information content (AvgIpc) is 3.45. The van der Waals surface area contributed by atoms with Crippen LogP contribution in [0.2, 0.25) is 0 Å². The Kier molecular flexibility index (Phi) is 6.43. The van der Waals surface area contributed by atoms with E-state index < -0.39 is 0 Å². The van der Waals surface area contributed by atoms with Crippen LogP contribution < -0.4 is 4.90 Å². The van der Waals surface area contributed by atoms with Crippen molar-refractivity contribution in [3.8, 4) is 22.6 Å². The van der Waals surface area contributed by atoms with Crippen molar-refractivity contribution in [2.75, 3.05) is 4.90 Å². The zero-order valence-corrected chi connectivity index (χ0v) is 19.1. The molecule has 8 nitrogen and oxygen atoms in total. The molecule has 34 heavy (non-hydrogen) atoms. The molecule has 0 radical (unpaired) electrons. The highest BCUT2D eigenvalue weighted by Gasteiger charge is 2.30. The second kappa shape index (κ2) is 9.60. The predicted molar refractivity (Wildman–Crippen MR) is 126 cm³/mol. The second-order valence-electron chi connectivity index (χ2n) is 8.20. The van der Waals surface area contributed by atoms with E-state index in [1.54, 1.807) is 11.2 Å². The van der Waals surface area contributed by atoms with E-state index in [0.29, 0.717) is 23.9 Å². The summed E-state index contributed by atoms with van der Waals surface area (Å²) in [6.07, 6.45) is 1.96. The van der Waals surface area contributed by atoms with Gasteiger partial charge in [0, 0.05) is 11.6 Å². The summed E-state index contributed by atoms with van der Waals surface area (Å²) in [5.74, 6) is 1.29. The molecular weight excluding hydrogens is 430 g/mol. The maximum atomic E-state index is 13.3. The Morgan fingerprint density at radius 3 is 2.47 bits per heavy atom. The monoisotopic (exact) mass is 453 g/mol. The first kappa shape index (κ1) is 22.8. The van der Waals surface area contributed by atoms with Gasteiger partial charge in [-0.25, -0.2) is 4.98 Å². The lowest BCUT2D eigenvalue weighted by Gasteiger charge is -2.16. The normalized spacial score (nSPS) is 12.2. The van der Waals surface area contributed by atoms with Gasteiger partial charge >= 0.3 is 6.15 Å². The first-order valence-corrected chi connectivity index (χ1v) is 10.8. The van der Waals surface area contributed by atoms with Gasteiger partial charge in [0.25, 0.3) is 5.91 Å². The van der Waals surface area contributed by atoms with Crippen LogP contribution in [0.5, 0.6) is 0 Å². The lowest BCUT2D eigenvalue weighted by Crippen LogP contribution is -2.24. The molecule has 0 saturated carbocycles. The zero-order valence-electron chi connectivity index (χ0n) is 19.1. The van der Waals surface area contributed by atoms with Crippen molar-refractivity contribution >= 4 is 17.9 Å². The number of carbonyl (C=O) groups excluding carboxylic acids is 3. The Labute approximate surface area is 196 Å². The van der Waals surface area contributed by atoms with Crippen LogP contribution in [0.25, 0.3) is 22.6 Å². The van der Waals surface area contributed by atoms with Crippen LogP contribution in [0.15, 0.2) is 67.0 Å². The van der Waals surface area contributed by atoms with Gasteiger partial charge in [-0.2, -0.15) is 9.59 Å². The molecule has 3 heterocycles. The van der Waals surface area contributed by atoms with Gasteiger partial charge in [0.2, 0.25) is 0 Å². The van der Waals surface area contributed by atoms with Gasteiger partial charge in [0.15, 0.2) is 5.82 Å². The summed E-state index contributed by atoms with van der Waals surface area (Å²) in [5.41, 5.74) is 5.84. The molecular formula is C26H23N5O3. The highest BCUT2D eigenvalue weighted by molar-refractivity contribution is 6.10. The number of carbonyl (C=O) groups is 1. The highest BCUT2D eigenvalue weighted by Crippen LogP contribution is 2.32. The summed E-state index contributed by atoms with van der Waals surface area (Å²) in [4.78, 5) is 36.0. The van der Waals surface area contributed by atoms with Crippen molar-refractivity contribution < 1.29 is 14.4 Å². The quantitative estimate of drug-likeness (QED) is 0.452. The van der Waals surface area contributed by atoms with Crippen LogP contribution in [0.1, 0.15) is 41.4 Å². The number of nitrogens with zero attached hydrogens (tertiary/aromatic N) is 5. The molecule has 0 saturated heterocycles. The maximum Gasteiger partial charge on any atom is 0.373 e. The first-order chi connectivity index (χ1) is 16.4. The molecule has 170 valence electrons.